The summed E-state index contributed by atoms with van der Waals surface area (Å²) >= 11 is 6.07. The van der Waals surface area contributed by atoms with E-state index in [0.29, 0.717) is 6.04 Å². The summed E-state index contributed by atoms with van der Waals surface area (Å²) in [6.07, 6.45) is 3.76. The number of nitrogens with zero attached hydrogens (tertiary/aromatic N) is 1. The molecule has 0 saturated carbocycles. The number of nitrogens with one attached hydrogen (secondary N) is 1. The van der Waals surface area contributed by atoms with Gasteiger partial charge >= 0.3 is 0 Å². The topological polar surface area (TPSA) is 15.3 Å². The lowest BCUT2D eigenvalue weighted by Gasteiger charge is -2.25. The van der Waals surface area contributed by atoms with Crippen molar-refractivity contribution in [1.82, 2.24) is 10.2 Å². The molecule has 1 atom stereocenters. The lowest BCUT2D eigenvalue weighted by Crippen LogP contribution is -2.36. The first kappa shape index (κ1) is 18.5. The van der Waals surface area contributed by atoms with Gasteiger partial charge in [0.25, 0.3) is 0 Å². The normalized spacial score (nSPS) is 13.7. The molecule has 1 rings (SSSR count). The van der Waals surface area contributed by atoms with E-state index in [1.54, 1.807) is 0 Å². The first-order valence-electron chi connectivity index (χ1n) is 8.00. The summed E-state index contributed by atoms with van der Waals surface area (Å²) in [6.45, 7) is 11.1. The Morgan fingerprint density at radius 2 is 1.90 bits per heavy atom. The van der Waals surface area contributed by atoms with Crippen LogP contribution in [0, 0.1) is 0 Å². The van der Waals surface area contributed by atoms with Crippen molar-refractivity contribution >= 4 is 11.6 Å². The maximum atomic E-state index is 6.07. The highest BCUT2D eigenvalue weighted by atomic mass is 35.5. The monoisotopic (exact) mass is 310 g/mol. The SMILES string of the molecule is CC(c1cccc(Cl)c1)N(C)CCCCCNC(C)(C)C. The van der Waals surface area contributed by atoms with Crippen molar-refractivity contribution in [2.75, 3.05) is 20.1 Å². The van der Waals surface area contributed by atoms with Gasteiger partial charge in [0.05, 0.1) is 0 Å². The molecule has 0 aliphatic heterocycles. The third-order valence-electron chi connectivity index (χ3n) is 3.84. The molecule has 1 unspecified atom stereocenters. The molecule has 1 aromatic rings. The van der Waals surface area contributed by atoms with Crippen LogP contribution >= 0.6 is 11.6 Å². The highest BCUT2D eigenvalue weighted by molar-refractivity contribution is 6.30. The molecule has 1 aromatic carbocycles. The summed E-state index contributed by atoms with van der Waals surface area (Å²) in [5, 5.41) is 4.36. The van der Waals surface area contributed by atoms with Crippen molar-refractivity contribution in [2.24, 2.45) is 0 Å². The Morgan fingerprint density at radius 3 is 2.52 bits per heavy atom. The average molecular weight is 311 g/mol. The summed E-state index contributed by atoms with van der Waals surface area (Å²) in [5.41, 5.74) is 1.53. The van der Waals surface area contributed by atoms with Gasteiger partial charge in [0.15, 0.2) is 0 Å². The van der Waals surface area contributed by atoms with Crippen molar-refractivity contribution in [2.45, 2.75) is 58.5 Å². The molecule has 3 heteroatoms. The van der Waals surface area contributed by atoms with E-state index in [1.807, 2.05) is 12.1 Å². The number of rotatable bonds is 8. The van der Waals surface area contributed by atoms with Crippen LogP contribution in [-0.4, -0.2) is 30.6 Å². The van der Waals surface area contributed by atoms with Crippen LogP contribution in [0.15, 0.2) is 24.3 Å². The molecule has 0 aromatic heterocycles. The Bertz CT molecular complexity index is 412. The highest BCUT2D eigenvalue weighted by Gasteiger charge is 2.11. The minimum absolute atomic E-state index is 0.234. The van der Waals surface area contributed by atoms with Crippen LogP contribution in [0.2, 0.25) is 5.02 Å². The standard InChI is InChI=1S/C18H31ClN2/c1-15(16-10-9-11-17(19)14-16)21(5)13-8-6-7-12-20-18(2,3)4/h9-11,14-15,20H,6-8,12-13H2,1-5H3. The number of hydrogen-bond acceptors (Lipinski definition) is 2. The average Bonchev–Trinajstić information content (AvgIpc) is 2.40. The van der Waals surface area contributed by atoms with Crippen molar-refractivity contribution in [3.05, 3.63) is 34.9 Å². The van der Waals surface area contributed by atoms with E-state index in [1.165, 1.54) is 24.8 Å². The van der Waals surface area contributed by atoms with E-state index in [2.05, 4.69) is 57.1 Å². The van der Waals surface area contributed by atoms with Gasteiger partial charge in [-0.15, -0.1) is 0 Å². The Morgan fingerprint density at radius 1 is 1.19 bits per heavy atom. The fourth-order valence-corrected chi connectivity index (χ4v) is 2.54. The lowest BCUT2D eigenvalue weighted by molar-refractivity contribution is 0.255. The van der Waals surface area contributed by atoms with Crippen LogP contribution in [-0.2, 0) is 0 Å². The third-order valence-corrected chi connectivity index (χ3v) is 4.07. The van der Waals surface area contributed by atoms with Gasteiger partial charge in [0, 0.05) is 16.6 Å². The third kappa shape index (κ3) is 7.85. The van der Waals surface area contributed by atoms with Crippen LogP contribution in [0.5, 0.6) is 0 Å². The quantitative estimate of drug-likeness (QED) is 0.688. The molecule has 0 aliphatic carbocycles. The molecule has 0 radical (unpaired) electrons. The zero-order chi connectivity index (χ0) is 15.9. The van der Waals surface area contributed by atoms with Gasteiger partial charge in [-0.1, -0.05) is 30.2 Å². The second kappa shape index (κ2) is 8.77. The van der Waals surface area contributed by atoms with Crippen LogP contribution in [0.25, 0.3) is 0 Å². The van der Waals surface area contributed by atoms with E-state index in [-0.39, 0.29) is 5.54 Å². The van der Waals surface area contributed by atoms with Gasteiger partial charge in [-0.3, -0.25) is 4.90 Å². The number of unbranched alkanes of at least 4 members (excludes halogenated alkanes) is 2. The van der Waals surface area contributed by atoms with Crippen LogP contribution in [0.1, 0.15) is 58.6 Å². The predicted octanol–water partition coefficient (Wildman–Crippen LogP) is 4.89. The molecule has 0 bridgehead atoms. The Hall–Kier alpha value is -0.570. The second-order valence-corrected chi connectivity index (χ2v) is 7.39. The molecule has 21 heavy (non-hydrogen) atoms. The number of halogens is 1. The van der Waals surface area contributed by atoms with E-state index in [9.17, 15) is 0 Å². The van der Waals surface area contributed by atoms with Crippen molar-refractivity contribution in [3.63, 3.8) is 0 Å². The minimum Gasteiger partial charge on any atom is -0.312 e. The zero-order valence-corrected chi connectivity index (χ0v) is 15.0. The summed E-state index contributed by atoms with van der Waals surface area (Å²) in [7, 11) is 2.19. The largest absolute Gasteiger partial charge is 0.312 e. The van der Waals surface area contributed by atoms with Crippen LogP contribution < -0.4 is 5.32 Å². The molecule has 120 valence electrons. The smallest absolute Gasteiger partial charge is 0.0409 e. The maximum absolute atomic E-state index is 6.07. The Labute approximate surface area is 135 Å². The summed E-state index contributed by atoms with van der Waals surface area (Å²) in [4.78, 5) is 2.41. The van der Waals surface area contributed by atoms with Gasteiger partial charge in [-0.05, 0) is 78.4 Å². The molecule has 0 heterocycles. The van der Waals surface area contributed by atoms with E-state index < -0.39 is 0 Å². The molecule has 0 aliphatic rings. The summed E-state index contributed by atoms with van der Waals surface area (Å²) in [5.74, 6) is 0. The predicted molar refractivity (Wildman–Crippen MR) is 94.1 cm³/mol. The Kier molecular flexibility index (Phi) is 7.72. The van der Waals surface area contributed by atoms with Gasteiger partial charge in [0.2, 0.25) is 0 Å². The molecule has 2 nitrogen and oxygen atoms in total. The highest BCUT2D eigenvalue weighted by Crippen LogP contribution is 2.22. The summed E-state index contributed by atoms with van der Waals surface area (Å²) < 4.78 is 0. The van der Waals surface area contributed by atoms with Gasteiger partial charge < -0.3 is 5.32 Å². The molecule has 0 spiro atoms. The maximum Gasteiger partial charge on any atom is 0.0409 e. The second-order valence-electron chi connectivity index (χ2n) is 6.95. The molecule has 0 fully saturated rings. The van der Waals surface area contributed by atoms with Crippen LogP contribution in [0.3, 0.4) is 0 Å². The van der Waals surface area contributed by atoms with E-state index in [0.717, 1.165) is 18.1 Å². The molecule has 0 amide bonds. The van der Waals surface area contributed by atoms with Gasteiger partial charge in [0.1, 0.15) is 0 Å². The fourth-order valence-electron chi connectivity index (χ4n) is 2.34. The molecular weight excluding hydrogens is 280 g/mol. The van der Waals surface area contributed by atoms with Crippen molar-refractivity contribution in [1.29, 1.82) is 0 Å². The lowest BCUT2D eigenvalue weighted by atomic mass is 10.1. The molecule has 0 saturated heterocycles. The summed E-state index contributed by atoms with van der Waals surface area (Å²) in [6, 6.07) is 8.59. The van der Waals surface area contributed by atoms with E-state index >= 15 is 0 Å². The fraction of sp³-hybridized carbons (Fsp3) is 0.667. The number of hydrogen-bond donors (Lipinski definition) is 1. The van der Waals surface area contributed by atoms with Gasteiger partial charge in [-0.2, -0.15) is 0 Å². The van der Waals surface area contributed by atoms with Gasteiger partial charge in [-0.25, -0.2) is 0 Å². The molecule has 1 N–H and O–H groups in total. The minimum atomic E-state index is 0.234. The Balaban J connectivity index is 2.23. The first-order chi connectivity index (χ1) is 9.79. The zero-order valence-electron chi connectivity index (χ0n) is 14.2. The van der Waals surface area contributed by atoms with Crippen LogP contribution in [0.4, 0.5) is 0 Å². The molecular formula is C18H31ClN2. The first-order valence-corrected chi connectivity index (χ1v) is 8.38. The van der Waals surface area contributed by atoms with Crippen molar-refractivity contribution in [3.8, 4) is 0 Å². The van der Waals surface area contributed by atoms with Crippen molar-refractivity contribution < 1.29 is 0 Å². The number of benzene rings is 1. The van der Waals surface area contributed by atoms with E-state index in [4.69, 9.17) is 11.6 Å².